The summed E-state index contributed by atoms with van der Waals surface area (Å²) in [6, 6.07) is 18.7. The first-order chi connectivity index (χ1) is 16.5. The van der Waals surface area contributed by atoms with Gasteiger partial charge in [-0.05, 0) is 67.4 Å². The van der Waals surface area contributed by atoms with E-state index in [1.165, 1.54) is 28.9 Å². The number of sulfonamides is 1. The van der Waals surface area contributed by atoms with Crippen LogP contribution >= 0.6 is 0 Å². The van der Waals surface area contributed by atoms with E-state index in [9.17, 15) is 21.6 Å². The number of para-hydroxylation sites is 1. The number of aromatic nitrogens is 2. The van der Waals surface area contributed by atoms with E-state index in [2.05, 4.69) is 9.82 Å². The lowest BCUT2D eigenvalue weighted by Gasteiger charge is -2.13. The van der Waals surface area contributed by atoms with Crippen molar-refractivity contribution in [3.05, 3.63) is 95.2 Å². The Morgan fingerprint density at radius 2 is 1.66 bits per heavy atom. The molecule has 6 nitrogen and oxygen atoms in total. The molecule has 182 valence electrons. The number of hydrogen-bond donors (Lipinski definition) is 2. The smallest absolute Gasteiger partial charge is 0.326 e. The number of anilines is 1. The van der Waals surface area contributed by atoms with Crippen LogP contribution in [0.5, 0.6) is 0 Å². The van der Waals surface area contributed by atoms with Crippen molar-refractivity contribution in [2.24, 2.45) is 5.73 Å². The molecule has 0 radical (unpaired) electrons. The van der Waals surface area contributed by atoms with E-state index in [4.69, 9.17) is 5.73 Å². The minimum absolute atomic E-state index is 0.0513. The van der Waals surface area contributed by atoms with Crippen LogP contribution in [0.4, 0.5) is 18.9 Å². The summed E-state index contributed by atoms with van der Waals surface area (Å²) >= 11 is 0. The summed E-state index contributed by atoms with van der Waals surface area (Å²) in [5.74, 6) is 0. The molecule has 0 unspecified atom stereocenters. The number of aryl methyl sites for hydroxylation is 2. The summed E-state index contributed by atoms with van der Waals surface area (Å²) < 4.78 is 70.0. The fourth-order valence-electron chi connectivity index (χ4n) is 3.69. The molecule has 0 fully saturated rings. The topological polar surface area (TPSA) is 90.0 Å². The lowest BCUT2D eigenvalue weighted by atomic mass is 10.0. The van der Waals surface area contributed by atoms with Crippen molar-refractivity contribution in [3.63, 3.8) is 0 Å². The standard InChI is InChI=1S/C25H23F3N4O2S/c1-16-7-8-17(2)21(13-16)23-14-24(25(26,27)28)30-32(23)19-9-11-20(12-10-19)35(33,34)31-22-6-4-3-5-18(22)15-29/h3-14,31H,15,29H2,1-2H3. The van der Waals surface area contributed by atoms with Gasteiger partial charge in [-0.3, -0.25) is 4.72 Å². The van der Waals surface area contributed by atoms with E-state index >= 15 is 0 Å². The van der Waals surface area contributed by atoms with Crippen LogP contribution in [0.2, 0.25) is 0 Å². The molecule has 0 saturated heterocycles. The number of nitrogens with one attached hydrogen (secondary N) is 1. The quantitative estimate of drug-likeness (QED) is 0.369. The fraction of sp³-hybridized carbons (Fsp3) is 0.160. The minimum atomic E-state index is -4.64. The largest absolute Gasteiger partial charge is 0.435 e. The van der Waals surface area contributed by atoms with Crippen LogP contribution in [0.1, 0.15) is 22.4 Å². The molecule has 0 aliphatic heterocycles. The molecule has 35 heavy (non-hydrogen) atoms. The SMILES string of the molecule is Cc1ccc(C)c(-c2cc(C(F)(F)F)nn2-c2ccc(S(=O)(=O)Nc3ccccc3CN)cc2)c1. The van der Waals surface area contributed by atoms with E-state index in [1.807, 2.05) is 19.1 Å². The van der Waals surface area contributed by atoms with Gasteiger partial charge >= 0.3 is 6.18 Å². The average molecular weight is 501 g/mol. The van der Waals surface area contributed by atoms with Gasteiger partial charge in [-0.1, -0.05) is 35.9 Å². The lowest BCUT2D eigenvalue weighted by molar-refractivity contribution is -0.141. The maximum absolute atomic E-state index is 13.5. The van der Waals surface area contributed by atoms with Gasteiger partial charge in [0.25, 0.3) is 10.0 Å². The molecule has 0 bridgehead atoms. The molecule has 10 heteroatoms. The van der Waals surface area contributed by atoms with Crippen molar-refractivity contribution in [1.29, 1.82) is 0 Å². The molecule has 0 saturated carbocycles. The predicted octanol–water partition coefficient (Wildman–Crippen LogP) is 5.43. The van der Waals surface area contributed by atoms with Crippen LogP contribution in [0.15, 0.2) is 77.7 Å². The first-order valence-electron chi connectivity index (χ1n) is 10.7. The molecular formula is C25H23F3N4O2S. The van der Waals surface area contributed by atoms with Gasteiger partial charge in [-0.15, -0.1) is 0 Å². The van der Waals surface area contributed by atoms with Crippen molar-refractivity contribution in [3.8, 4) is 16.9 Å². The van der Waals surface area contributed by atoms with Gasteiger partial charge in [0.2, 0.25) is 0 Å². The zero-order valence-corrected chi connectivity index (χ0v) is 19.8. The second-order valence-corrected chi connectivity index (χ2v) is 9.79. The molecule has 0 aliphatic rings. The summed E-state index contributed by atoms with van der Waals surface area (Å²) in [5, 5.41) is 3.79. The van der Waals surface area contributed by atoms with Crippen molar-refractivity contribution < 1.29 is 21.6 Å². The van der Waals surface area contributed by atoms with Crippen molar-refractivity contribution in [1.82, 2.24) is 9.78 Å². The van der Waals surface area contributed by atoms with Gasteiger partial charge in [0.05, 0.1) is 22.0 Å². The van der Waals surface area contributed by atoms with Crippen LogP contribution in [0.25, 0.3) is 16.9 Å². The van der Waals surface area contributed by atoms with Gasteiger partial charge in [-0.25, -0.2) is 13.1 Å². The van der Waals surface area contributed by atoms with Crippen molar-refractivity contribution in [2.75, 3.05) is 4.72 Å². The van der Waals surface area contributed by atoms with Crippen LogP contribution in [-0.2, 0) is 22.7 Å². The molecule has 4 aromatic rings. The number of benzene rings is 3. The molecule has 0 amide bonds. The highest BCUT2D eigenvalue weighted by molar-refractivity contribution is 7.92. The Morgan fingerprint density at radius 1 is 0.971 bits per heavy atom. The van der Waals surface area contributed by atoms with Gasteiger partial charge in [0.15, 0.2) is 5.69 Å². The summed E-state index contributed by atoms with van der Waals surface area (Å²) in [5.41, 5.74) is 8.45. The number of nitrogens with two attached hydrogens (primary N) is 1. The Hall–Kier alpha value is -3.63. The highest BCUT2D eigenvalue weighted by Gasteiger charge is 2.35. The van der Waals surface area contributed by atoms with Crippen molar-refractivity contribution >= 4 is 15.7 Å². The van der Waals surface area contributed by atoms with Crippen LogP contribution in [0, 0.1) is 13.8 Å². The summed E-state index contributed by atoms with van der Waals surface area (Å²) in [4.78, 5) is -0.0513. The van der Waals surface area contributed by atoms with Crippen LogP contribution in [0.3, 0.4) is 0 Å². The zero-order valence-electron chi connectivity index (χ0n) is 19.0. The normalized spacial score (nSPS) is 12.1. The van der Waals surface area contributed by atoms with Crippen LogP contribution in [-0.4, -0.2) is 18.2 Å². The summed E-state index contributed by atoms with van der Waals surface area (Å²) in [7, 11) is -3.95. The first kappa shape index (κ1) is 24.5. The highest BCUT2D eigenvalue weighted by Crippen LogP contribution is 2.35. The van der Waals surface area contributed by atoms with E-state index in [0.717, 1.165) is 17.2 Å². The second-order valence-electron chi connectivity index (χ2n) is 8.10. The molecule has 4 rings (SSSR count). The van der Waals surface area contributed by atoms with Gasteiger partial charge < -0.3 is 5.73 Å². The molecule has 1 aromatic heterocycles. The Balaban J connectivity index is 1.75. The molecule has 3 aromatic carbocycles. The number of rotatable bonds is 6. The van der Waals surface area contributed by atoms with E-state index in [-0.39, 0.29) is 22.8 Å². The second kappa shape index (κ2) is 9.20. The maximum Gasteiger partial charge on any atom is 0.435 e. The average Bonchev–Trinajstić information content (AvgIpc) is 3.27. The monoisotopic (exact) mass is 500 g/mol. The molecule has 0 aliphatic carbocycles. The summed E-state index contributed by atoms with van der Waals surface area (Å²) in [6.45, 7) is 3.81. The predicted molar refractivity (Wildman–Crippen MR) is 129 cm³/mol. The molecule has 1 heterocycles. The summed E-state index contributed by atoms with van der Waals surface area (Å²) in [6.07, 6.45) is -4.64. The molecular weight excluding hydrogens is 477 g/mol. The van der Waals surface area contributed by atoms with E-state index in [0.29, 0.717) is 16.8 Å². The van der Waals surface area contributed by atoms with Gasteiger partial charge in [0.1, 0.15) is 0 Å². The third-order valence-electron chi connectivity index (χ3n) is 5.54. The van der Waals surface area contributed by atoms with Gasteiger partial charge in [0, 0.05) is 12.1 Å². The van der Waals surface area contributed by atoms with E-state index < -0.39 is 21.9 Å². The Kier molecular flexibility index (Phi) is 6.44. The number of nitrogens with zero attached hydrogens (tertiary/aromatic N) is 2. The number of alkyl halides is 3. The lowest BCUT2D eigenvalue weighted by Crippen LogP contribution is -2.15. The number of hydrogen-bond acceptors (Lipinski definition) is 4. The van der Waals surface area contributed by atoms with Gasteiger partial charge in [-0.2, -0.15) is 18.3 Å². The Labute approximate surface area is 201 Å². The molecule has 0 atom stereocenters. The maximum atomic E-state index is 13.5. The zero-order chi connectivity index (χ0) is 25.4. The van der Waals surface area contributed by atoms with Crippen molar-refractivity contribution in [2.45, 2.75) is 31.5 Å². The molecule has 0 spiro atoms. The Morgan fingerprint density at radius 3 is 2.31 bits per heavy atom. The highest BCUT2D eigenvalue weighted by atomic mass is 32.2. The van der Waals surface area contributed by atoms with Crippen LogP contribution < -0.4 is 10.5 Å². The van der Waals surface area contributed by atoms with E-state index in [1.54, 1.807) is 37.3 Å². The Bertz CT molecular complexity index is 1480. The number of halogens is 3. The third kappa shape index (κ3) is 5.08. The minimum Gasteiger partial charge on any atom is -0.326 e. The third-order valence-corrected chi connectivity index (χ3v) is 6.92. The fourth-order valence-corrected chi connectivity index (χ4v) is 4.79. The first-order valence-corrected chi connectivity index (χ1v) is 12.1. The molecule has 3 N–H and O–H groups in total.